The fourth-order valence-corrected chi connectivity index (χ4v) is 3.03. The Kier molecular flexibility index (Phi) is 7.84. The first-order valence-corrected chi connectivity index (χ1v) is 9.16. The molecule has 1 aromatic rings. The van der Waals surface area contributed by atoms with Crippen LogP contribution in [-0.2, 0) is 4.74 Å². The second-order valence-corrected chi connectivity index (χ2v) is 6.33. The molecule has 150 valence electrons. The number of nitrogens with zero attached hydrogens (tertiary/aromatic N) is 1. The maximum atomic E-state index is 12.9. The van der Waals surface area contributed by atoms with E-state index in [0.29, 0.717) is 48.7 Å². The first-order valence-electron chi connectivity index (χ1n) is 8.62. The number of rotatable bonds is 7. The number of carbonyl (C=O) groups excluding carboxylic acids is 2. The summed E-state index contributed by atoms with van der Waals surface area (Å²) in [6.45, 7) is 1.22. The van der Waals surface area contributed by atoms with Crippen molar-refractivity contribution in [1.82, 2.24) is 10.2 Å². The van der Waals surface area contributed by atoms with Gasteiger partial charge in [-0.2, -0.15) is 0 Å². The number of benzene rings is 1. The predicted molar refractivity (Wildman–Crippen MR) is 100 cm³/mol. The van der Waals surface area contributed by atoms with Gasteiger partial charge in [-0.05, 0) is 25.0 Å². The number of methoxy groups -OCH3 is 3. The highest BCUT2D eigenvalue weighted by Crippen LogP contribution is 2.38. The fraction of sp³-hybridized carbons (Fsp3) is 0.556. The summed E-state index contributed by atoms with van der Waals surface area (Å²) >= 11 is 5.49. The normalized spacial score (nSPS) is 14.4. The monoisotopic (exact) mass is 400 g/mol. The smallest absolute Gasteiger partial charge is 0.407 e. The number of hydrogen-bond donors (Lipinski definition) is 1. The van der Waals surface area contributed by atoms with Crippen LogP contribution in [0.3, 0.4) is 0 Å². The minimum absolute atomic E-state index is 0.0307. The quantitative estimate of drug-likeness (QED) is 0.707. The molecule has 2 rings (SSSR count). The molecule has 1 aliphatic heterocycles. The Morgan fingerprint density at radius 2 is 1.70 bits per heavy atom. The summed E-state index contributed by atoms with van der Waals surface area (Å²) in [6.07, 6.45) is 0.809. The van der Waals surface area contributed by atoms with E-state index in [4.69, 9.17) is 30.5 Å². The van der Waals surface area contributed by atoms with Crippen LogP contribution in [0.25, 0.3) is 0 Å². The van der Waals surface area contributed by atoms with Gasteiger partial charge >= 0.3 is 6.09 Å². The molecule has 0 aromatic heterocycles. The van der Waals surface area contributed by atoms with Gasteiger partial charge in [-0.25, -0.2) is 4.79 Å². The number of ether oxygens (including phenoxy) is 4. The largest absolute Gasteiger partial charge is 0.493 e. The Hall–Kier alpha value is -2.35. The molecule has 0 spiro atoms. The predicted octanol–water partition coefficient (Wildman–Crippen LogP) is 2.28. The Bertz CT molecular complexity index is 636. The number of halogens is 1. The molecule has 1 heterocycles. The van der Waals surface area contributed by atoms with Crippen LogP contribution < -0.4 is 19.5 Å². The molecule has 8 nitrogen and oxygen atoms in total. The van der Waals surface area contributed by atoms with E-state index in [2.05, 4.69) is 5.32 Å². The van der Waals surface area contributed by atoms with Gasteiger partial charge < -0.3 is 29.2 Å². The Labute approximate surface area is 163 Å². The van der Waals surface area contributed by atoms with Crippen molar-refractivity contribution in [3.05, 3.63) is 17.7 Å². The van der Waals surface area contributed by atoms with Crippen LogP contribution in [0, 0.1) is 0 Å². The van der Waals surface area contributed by atoms with Crippen LogP contribution in [0.1, 0.15) is 23.2 Å². The molecule has 0 unspecified atom stereocenters. The summed E-state index contributed by atoms with van der Waals surface area (Å²) in [5.41, 5.74) is 0.456. The van der Waals surface area contributed by atoms with Crippen LogP contribution in [0.4, 0.5) is 4.79 Å². The van der Waals surface area contributed by atoms with Crippen LogP contribution in [0.5, 0.6) is 17.2 Å². The number of likely N-dealkylation sites (tertiary alicyclic amines) is 1. The lowest BCUT2D eigenvalue weighted by atomic mass is 10.0. The third kappa shape index (κ3) is 5.32. The Balaban J connectivity index is 2.00. The third-order valence-electron chi connectivity index (χ3n) is 4.33. The van der Waals surface area contributed by atoms with Gasteiger partial charge in [0, 0.05) is 24.7 Å². The SMILES string of the molecule is COc1cc(C(=O)N2CCC(NC(=O)OCCCl)CC2)cc(OC)c1OC. The summed E-state index contributed by atoms with van der Waals surface area (Å²) in [4.78, 5) is 26.2. The van der Waals surface area contributed by atoms with Crippen molar-refractivity contribution in [3.63, 3.8) is 0 Å². The van der Waals surface area contributed by atoms with Gasteiger partial charge in [-0.15, -0.1) is 11.6 Å². The number of carbonyl (C=O) groups is 2. The third-order valence-corrected chi connectivity index (χ3v) is 4.48. The van der Waals surface area contributed by atoms with Gasteiger partial charge in [0.25, 0.3) is 5.91 Å². The molecule has 0 bridgehead atoms. The molecule has 0 atom stereocenters. The number of amides is 2. The van der Waals surface area contributed by atoms with Crippen molar-refractivity contribution >= 4 is 23.6 Å². The highest BCUT2D eigenvalue weighted by Gasteiger charge is 2.26. The van der Waals surface area contributed by atoms with Crippen molar-refractivity contribution in [2.45, 2.75) is 18.9 Å². The van der Waals surface area contributed by atoms with Gasteiger partial charge in [-0.3, -0.25) is 4.79 Å². The van der Waals surface area contributed by atoms with Crippen molar-refractivity contribution in [3.8, 4) is 17.2 Å². The lowest BCUT2D eigenvalue weighted by Crippen LogP contribution is -2.46. The fourth-order valence-electron chi connectivity index (χ4n) is 2.95. The summed E-state index contributed by atoms with van der Waals surface area (Å²) in [6, 6.07) is 3.24. The van der Waals surface area contributed by atoms with E-state index in [1.807, 2.05) is 0 Å². The molecular weight excluding hydrogens is 376 g/mol. The zero-order valence-corrected chi connectivity index (χ0v) is 16.5. The minimum Gasteiger partial charge on any atom is -0.493 e. The minimum atomic E-state index is -0.481. The molecule has 2 amide bonds. The summed E-state index contributed by atoms with van der Waals surface area (Å²) in [5, 5.41) is 2.79. The van der Waals surface area contributed by atoms with E-state index in [9.17, 15) is 9.59 Å². The molecule has 1 saturated heterocycles. The van der Waals surface area contributed by atoms with E-state index in [-0.39, 0.29) is 24.4 Å². The van der Waals surface area contributed by atoms with Gasteiger partial charge in [0.05, 0.1) is 27.2 Å². The highest BCUT2D eigenvalue weighted by atomic mass is 35.5. The molecule has 0 aliphatic carbocycles. The molecular formula is C18H25ClN2O6. The zero-order valence-electron chi connectivity index (χ0n) is 15.7. The number of alkyl halides is 1. The Morgan fingerprint density at radius 1 is 1.11 bits per heavy atom. The average molecular weight is 401 g/mol. The maximum Gasteiger partial charge on any atom is 0.407 e. The summed E-state index contributed by atoms with van der Waals surface area (Å²) in [7, 11) is 4.52. The number of piperidine rings is 1. The van der Waals surface area contributed by atoms with E-state index in [1.165, 1.54) is 21.3 Å². The lowest BCUT2D eigenvalue weighted by Gasteiger charge is -2.32. The van der Waals surface area contributed by atoms with E-state index < -0.39 is 6.09 Å². The highest BCUT2D eigenvalue weighted by molar-refractivity contribution is 6.18. The van der Waals surface area contributed by atoms with Gasteiger partial charge in [-0.1, -0.05) is 0 Å². The molecule has 1 N–H and O–H groups in total. The van der Waals surface area contributed by atoms with Crippen molar-refractivity contribution < 1.29 is 28.5 Å². The van der Waals surface area contributed by atoms with Crippen molar-refractivity contribution in [2.75, 3.05) is 46.9 Å². The van der Waals surface area contributed by atoms with Crippen molar-refractivity contribution in [2.24, 2.45) is 0 Å². The standard InChI is InChI=1S/C18H25ClN2O6/c1-24-14-10-12(11-15(25-2)16(14)26-3)17(22)21-7-4-13(5-8-21)20-18(23)27-9-6-19/h10-11,13H,4-9H2,1-3H3,(H,20,23). The van der Waals surface area contributed by atoms with E-state index >= 15 is 0 Å². The van der Waals surface area contributed by atoms with Crippen molar-refractivity contribution in [1.29, 1.82) is 0 Å². The molecule has 9 heteroatoms. The molecule has 0 radical (unpaired) electrons. The maximum absolute atomic E-state index is 12.9. The topological polar surface area (TPSA) is 86.3 Å². The molecule has 1 aliphatic rings. The Morgan fingerprint density at radius 3 is 2.19 bits per heavy atom. The molecule has 27 heavy (non-hydrogen) atoms. The number of nitrogens with one attached hydrogen (secondary N) is 1. The van der Waals surface area contributed by atoms with Gasteiger partial charge in [0.15, 0.2) is 11.5 Å². The lowest BCUT2D eigenvalue weighted by molar-refractivity contribution is 0.0701. The van der Waals surface area contributed by atoms with Crippen LogP contribution in [0.2, 0.25) is 0 Å². The second kappa shape index (κ2) is 10.1. The summed E-state index contributed by atoms with van der Waals surface area (Å²) < 4.78 is 20.8. The molecule has 1 aromatic carbocycles. The zero-order chi connectivity index (χ0) is 19.8. The average Bonchev–Trinajstić information content (AvgIpc) is 2.71. The number of hydrogen-bond acceptors (Lipinski definition) is 6. The van der Waals surface area contributed by atoms with Crippen LogP contribution in [0.15, 0.2) is 12.1 Å². The first-order chi connectivity index (χ1) is 13.0. The van der Waals surface area contributed by atoms with E-state index in [0.717, 1.165) is 0 Å². The van der Waals surface area contributed by atoms with Gasteiger partial charge in [0.2, 0.25) is 5.75 Å². The van der Waals surface area contributed by atoms with Gasteiger partial charge in [0.1, 0.15) is 6.61 Å². The number of alkyl carbamates (subject to hydrolysis) is 1. The second-order valence-electron chi connectivity index (χ2n) is 5.95. The van der Waals surface area contributed by atoms with Crippen LogP contribution >= 0.6 is 11.6 Å². The van der Waals surface area contributed by atoms with E-state index in [1.54, 1.807) is 17.0 Å². The summed E-state index contributed by atoms with van der Waals surface area (Å²) in [5.74, 6) is 1.43. The van der Waals surface area contributed by atoms with Crippen LogP contribution in [-0.4, -0.2) is 69.8 Å². The molecule has 1 fully saturated rings. The first kappa shape index (κ1) is 21.0. The molecule has 0 saturated carbocycles.